The van der Waals surface area contributed by atoms with Crippen LogP contribution < -0.4 is 10.6 Å². The molecule has 1 unspecified atom stereocenters. The van der Waals surface area contributed by atoms with E-state index in [0.717, 1.165) is 31.2 Å². The molecule has 152 valence electrons. The van der Waals surface area contributed by atoms with Crippen molar-refractivity contribution in [2.75, 3.05) is 13.1 Å². The smallest absolute Gasteiger partial charge is 0.317 e. The quantitative estimate of drug-likeness (QED) is 0.637. The van der Waals surface area contributed by atoms with Gasteiger partial charge in [0.25, 0.3) is 0 Å². The maximum Gasteiger partial charge on any atom is 0.317 e. The minimum Gasteiger partial charge on any atom is -0.481 e. The fourth-order valence-corrected chi connectivity index (χ4v) is 3.58. The highest BCUT2D eigenvalue weighted by Crippen LogP contribution is 2.29. The zero-order chi connectivity index (χ0) is 19.9. The van der Waals surface area contributed by atoms with Crippen molar-refractivity contribution in [2.24, 2.45) is 5.92 Å². The van der Waals surface area contributed by atoms with E-state index >= 15 is 0 Å². The summed E-state index contributed by atoms with van der Waals surface area (Å²) in [6, 6.07) is 9.53. The van der Waals surface area contributed by atoms with E-state index in [2.05, 4.69) is 10.6 Å². The molecule has 1 aromatic carbocycles. The van der Waals surface area contributed by atoms with Gasteiger partial charge in [0.2, 0.25) is 5.91 Å². The summed E-state index contributed by atoms with van der Waals surface area (Å²) < 4.78 is 0. The van der Waals surface area contributed by atoms with Crippen LogP contribution in [0.15, 0.2) is 30.3 Å². The van der Waals surface area contributed by atoms with E-state index < -0.39 is 5.97 Å². The molecule has 7 heteroatoms. The van der Waals surface area contributed by atoms with E-state index in [1.807, 2.05) is 30.3 Å². The molecule has 7 nitrogen and oxygen atoms in total. The maximum atomic E-state index is 12.7. The number of amides is 3. The molecular formula is C21H29N3O4. The molecule has 1 aliphatic heterocycles. The molecule has 1 aromatic rings. The zero-order valence-electron chi connectivity index (χ0n) is 16.1. The molecule has 0 spiro atoms. The highest BCUT2D eigenvalue weighted by Gasteiger charge is 2.32. The van der Waals surface area contributed by atoms with Gasteiger partial charge < -0.3 is 20.6 Å². The lowest BCUT2D eigenvalue weighted by Gasteiger charge is -2.33. The number of nitrogens with one attached hydrogen (secondary N) is 2. The summed E-state index contributed by atoms with van der Waals surface area (Å²) in [5.41, 5.74) is 1.07. The monoisotopic (exact) mass is 387 g/mol. The van der Waals surface area contributed by atoms with Gasteiger partial charge in [-0.2, -0.15) is 0 Å². The molecule has 3 rings (SSSR count). The summed E-state index contributed by atoms with van der Waals surface area (Å²) in [4.78, 5) is 37.3. The van der Waals surface area contributed by atoms with Crippen molar-refractivity contribution >= 4 is 17.9 Å². The predicted molar refractivity (Wildman–Crippen MR) is 105 cm³/mol. The molecule has 0 bridgehead atoms. The maximum absolute atomic E-state index is 12.7. The number of rotatable bonds is 8. The number of carboxylic acids is 1. The molecule has 0 radical (unpaired) electrons. The van der Waals surface area contributed by atoms with Gasteiger partial charge in [-0.1, -0.05) is 30.3 Å². The van der Waals surface area contributed by atoms with Crippen LogP contribution in [0.1, 0.15) is 44.1 Å². The van der Waals surface area contributed by atoms with Gasteiger partial charge in [0.15, 0.2) is 0 Å². The van der Waals surface area contributed by atoms with Crippen LogP contribution in [0.5, 0.6) is 0 Å². The summed E-state index contributed by atoms with van der Waals surface area (Å²) in [7, 11) is 0. The Morgan fingerprint density at radius 1 is 1.07 bits per heavy atom. The lowest BCUT2D eigenvalue weighted by Crippen LogP contribution is -2.51. The summed E-state index contributed by atoms with van der Waals surface area (Å²) >= 11 is 0. The summed E-state index contributed by atoms with van der Waals surface area (Å²) in [5.74, 6) is -0.506. The molecule has 1 saturated heterocycles. The fourth-order valence-electron chi connectivity index (χ4n) is 3.58. The van der Waals surface area contributed by atoms with Crippen molar-refractivity contribution in [3.63, 3.8) is 0 Å². The van der Waals surface area contributed by atoms with Crippen LogP contribution >= 0.6 is 0 Å². The Hall–Kier alpha value is -2.57. The third kappa shape index (κ3) is 6.25. The van der Waals surface area contributed by atoms with Gasteiger partial charge in [0.05, 0.1) is 0 Å². The third-order valence-electron chi connectivity index (χ3n) is 5.44. The molecule has 1 aliphatic carbocycles. The lowest BCUT2D eigenvalue weighted by atomic mass is 10.0. The average Bonchev–Trinajstić information content (AvgIpc) is 3.53. The highest BCUT2D eigenvalue weighted by molar-refractivity contribution is 5.81. The van der Waals surface area contributed by atoms with Crippen molar-refractivity contribution in [3.8, 4) is 0 Å². The van der Waals surface area contributed by atoms with Gasteiger partial charge in [-0.25, -0.2) is 4.79 Å². The Labute approximate surface area is 165 Å². The van der Waals surface area contributed by atoms with E-state index in [-0.39, 0.29) is 36.4 Å². The van der Waals surface area contributed by atoms with Crippen molar-refractivity contribution in [2.45, 2.75) is 57.0 Å². The number of carbonyl (C=O) groups excluding carboxylic acids is 2. The SMILES string of the molecule is O=C(O)CCC(Cc1ccccc1)NC(=O)N1CCC(NC(=O)C2CC2)CC1. The number of likely N-dealkylation sites (tertiary alicyclic amines) is 1. The van der Waals surface area contributed by atoms with Crippen molar-refractivity contribution in [3.05, 3.63) is 35.9 Å². The van der Waals surface area contributed by atoms with E-state index in [9.17, 15) is 14.4 Å². The second-order valence-corrected chi connectivity index (χ2v) is 7.81. The first kappa shape index (κ1) is 20.2. The molecule has 1 atom stereocenters. The first-order valence-electron chi connectivity index (χ1n) is 10.1. The van der Waals surface area contributed by atoms with Gasteiger partial charge in [0.1, 0.15) is 0 Å². The number of piperidine rings is 1. The average molecular weight is 387 g/mol. The largest absolute Gasteiger partial charge is 0.481 e. The standard InChI is InChI=1S/C21H29N3O4/c25-19(26)9-8-18(14-15-4-2-1-3-5-15)23-21(28)24-12-10-17(11-13-24)22-20(27)16-6-7-16/h1-5,16-18H,6-14H2,(H,22,27)(H,23,28)(H,25,26). The molecule has 3 N–H and O–H groups in total. The first-order chi connectivity index (χ1) is 13.5. The van der Waals surface area contributed by atoms with Gasteiger partial charge in [-0.3, -0.25) is 9.59 Å². The topological polar surface area (TPSA) is 98.7 Å². The lowest BCUT2D eigenvalue weighted by molar-refractivity contribution is -0.137. The van der Waals surface area contributed by atoms with Crippen LogP contribution in [0.2, 0.25) is 0 Å². The van der Waals surface area contributed by atoms with Gasteiger partial charge >= 0.3 is 12.0 Å². The Kier molecular flexibility index (Phi) is 6.90. The fraction of sp³-hybridized carbons (Fsp3) is 0.571. The van der Waals surface area contributed by atoms with Crippen LogP contribution in [0.3, 0.4) is 0 Å². The minimum atomic E-state index is -0.862. The number of aliphatic carboxylic acids is 1. The van der Waals surface area contributed by atoms with Crippen LogP contribution in [0.4, 0.5) is 4.79 Å². The van der Waals surface area contributed by atoms with Crippen LogP contribution in [-0.4, -0.2) is 53.1 Å². The van der Waals surface area contributed by atoms with E-state index in [1.54, 1.807) is 4.90 Å². The Morgan fingerprint density at radius 2 is 1.75 bits per heavy atom. The number of nitrogens with zero attached hydrogens (tertiary/aromatic N) is 1. The minimum absolute atomic E-state index is 0.0209. The summed E-state index contributed by atoms with van der Waals surface area (Å²) in [6.07, 6.45) is 4.51. The molecule has 1 saturated carbocycles. The number of carboxylic acid groups (broad SMARTS) is 1. The summed E-state index contributed by atoms with van der Waals surface area (Å²) in [6.45, 7) is 1.19. The zero-order valence-corrected chi connectivity index (χ0v) is 16.1. The van der Waals surface area contributed by atoms with Crippen LogP contribution in [-0.2, 0) is 16.0 Å². The predicted octanol–water partition coefficient (Wildman–Crippen LogP) is 2.16. The summed E-state index contributed by atoms with van der Waals surface area (Å²) in [5, 5.41) is 15.1. The number of hydrogen-bond acceptors (Lipinski definition) is 3. The number of urea groups is 1. The van der Waals surface area contributed by atoms with Crippen molar-refractivity contribution in [1.29, 1.82) is 0 Å². The molecule has 1 heterocycles. The molecular weight excluding hydrogens is 358 g/mol. The molecule has 2 fully saturated rings. The van der Waals surface area contributed by atoms with Gasteiger partial charge in [-0.15, -0.1) is 0 Å². The molecule has 0 aromatic heterocycles. The second-order valence-electron chi connectivity index (χ2n) is 7.81. The van der Waals surface area contributed by atoms with E-state index in [0.29, 0.717) is 25.9 Å². The normalized spacial score (nSPS) is 18.4. The molecule has 28 heavy (non-hydrogen) atoms. The van der Waals surface area contributed by atoms with Gasteiger partial charge in [-0.05, 0) is 44.1 Å². The van der Waals surface area contributed by atoms with E-state index in [4.69, 9.17) is 5.11 Å². The van der Waals surface area contributed by atoms with E-state index in [1.165, 1.54) is 0 Å². The number of carbonyl (C=O) groups is 3. The Morgan fingerprint density at radius 3 is 2.36 bits per heavy atom. The molecule has 3 amide bonds. The number of hydrogen-bond donors (Lipinski definition) is 3. The van der Waals surface area contributed by atoms with Crippen LogP contribution in [0.25, 0.3) is 0 Å². The highest BCUT2D eigenvalue weighted by atomic mass is 16.4. The third-order valence-corrected chi connectivity index (χ3v) is 5.44. The van der Waals surface area contributed by atoms with Gasteiger partial charge in [0, 0.05) is 37.5 Å². The second kappa shape index (κ2) is 9.57. The first-order valence-corrected chi connectivity index (χ1v) is 10.1. The Bertz CT molecular complexity index is 682. The van der Waals surface area contributed by atoms with Crippen molar-refractivity contribution in [1.82, 2.24) is 15.5 Å². The van der Waals surface area contributed by atoms with Crippen molar-refractivity contribution < 1.29 is 19.5 Å². The molecule has 2 aliphatic rings. The Balaban J connectivity index is 1.48. The number of benzene rings is 1. The van der Waals surface area contributed by atoms with Crippen LogP contribution in [0, 0.1) is 5.92 Å².